The summed E-state index contributed by atoms with van der Waals surface area (Å²) in [5, 5.41) is 16.0. The molecule has 1 amide bonds. The number of nitrogens with zero attached hydrogens (tertiary/aromatic N) is 2. The first kappa shape index (κ1) is 21.5. The van der Waals surface area contributed by atoms with E-state index in [0.717, 1.165) is 22.5 Å². The van der Waals surface area contributed by atoms with Gasteiger partial charge in [-0.3, -0.25) is 14.3 Å². The Kier molecular flexibility index (Phi) is 6.52. The number of halogens is 2. The van der Waals surface area contributed by atoms with Crippen molar-refractivity contribution in [1.82, 2.24) is 9.78 Å². The minimum Gasteiger partial charge on any atom is -0.481 e. The van der Waals surface area contributed by atoms with Gasteiger partial charge in [0.25, 0.3) is 5.91 Å². The summed E-state index contributed by atoms with van der Waals surface area (Å²) in [6.45, 7) is 4.29. The maximum absolute atomic E-state index is 13.5. The Morgan fingerprint density at radius 1 is 1.17 bits per heavy atom. The highest BCUT2D eigenvalue weighted by molar-refractivity contribution is 6.30. The molecule has 2 aromatic carbocycles. The predicted octanol–water partition coefficient (Wildman–Crippen LogP) is 4.61. The molecule has 156 valence electrons. The van der Waals surface area contributed by atoms with E-state index in [9.17, 15) is 14.0 Å². The number of aryl methyl sites for hydroxylation is 1. The Morgan fingerprint density at radius 2 is 1.87 bits per heavy atom. The van der Waals surface area contributed by atoms with E-state index in [1.54, 1.807) is 12.1 Å². The first-order valence-corrected chi connectivity index (χ1v) is 9.72. The molecule has 0 unspecified atom stereocenters. The third kappa shape index (κ3) is 5.04. The second-order valence-electron chi connectivity index (χ2n) is 6.98. The van der Waals surface area contributed by atoms with Crippen LogP contribution in [0.1, 0.15) is 39.3 Å². The zero-order chi connectivity index (χ0) is 21.8. The second kappa shape index (κ2) is 9.09. The second-order valence-corrected chi connectivity index (χ2v) is 7.39. The third-order valence-electron chi connectivity index (χ3n) is 4.85. The van der Waals surface area contributed by atoms with E-state index in [1.807, 2.05) is 30.7 Å². The number of carboxylic acids is 1. The van der Waals surface area contributed by atoms with Gasteiger partial charge in [0.15, 0.2) is 0 Å². The molecule has 0 atom stereocenters. The van der Waals surface area contributed by atoms with E-state index in [1.165, 1.54) is 18.2 Å². The Labute approximate surface area is 178 Å². The zero-order valence-electron chi connectivity index (χ0n) is 16.6. The van der Waals surface area contributed by atoms with Crippen LogP contribution in [-0.2, 0) is 17.8 Å². The quantitative estimate of drug-likeness (QED) is 0.574. The summed E-state index contributed by atoms with van der Waals surface area (Å²) >= 11 is 5.65. The molecule has 3 rings (SSSR count). The van der Waals surface area contributed by atoms with Crippen molar-refractivity contribution < 1.29 is 19.1 Å². The number of anilines is 1. The summed E-state index contributed by atoms with van der Waals surface area (Å²) in [7, 11) is 0. The summed E-state index contributed by atoms with van der Waals surface area (Å²) in [5.74, 6) is -1.79. The van der Waals surface area contributed by atoms with Crippen molar-refractivity contribution in [1.29, 1.82) is 0 Å². The Hall–Kier alpha value is -3.19. The minimum atomic E-state index is -0.836. The lowest BCUT2D eigenvalue weighted by atomic mass is 10.1. The first-order valence-electron chi connectivity index (χ1n) is 9.34. The van der Waals surface area contributed by atoms with Crippen LogP contribution in [0.2, 0.25) is 5.02 Å². The lowest BCUT2D eigenvalue weighted by molar-refractivity contribution is -0.136. The van der Waals surface area contributed by atoms with Crippen molar-refractivity contribution in [3.8, 4) is 0 Å². The van der Waals surface area contributed by atoms with Gasteiger partial charge in [0.2, 0.25) is 0 Å². The highest BCUT2D eigenvalue weighted by Crippen LogP contribution is 2.20. The van der Waals surface area contributed by atoms with Crippen molar-refractivity contribution in [2.75, 3.05) is 5.32 Å². The van der Waals surface area contributed by atoms with Gasteiger partial charge in [0.05, 0.1) is 17.3 Å². The van der Waals surface area contributed by atoms with Crippen LogP contribution in [0.25, 0.3) is 0 Å². The van der Waals surface area contributed by atoms with Crippen molar-refractivity contribution in [2.24, 2.45) is 0 Å². The number of hydrogen-bond acceptors (Lipinski definition) is 3. The zero-order valence-corrected chi connectivity index (χ0v) is 17.3. The summed E-state index contributed by atoms with van der Waals surface area (Å²) in [4.78, 5) is 23.2. The van der Waals surface area contributed by atoms with E-state index in [4.69, 9.17) is 16.7 Å². The SMILES string of the molecule is Cc1nn(Cc2ccc(C(=O)Nc3ccc(Cl)c(F)c3)cc2)c(C)c1CCC(=O)O. The van der Waals surface area contributed by atoms with Gasteiger partial charge >= 0.3 is 5.97 Å². The van der Waals surface area contributed by atoms with Crippen LogP contribution < -0.4 is 5.32 Å². The van der Waals surface area contributed by atoms with Gasteiger partial charge in [-0.2, -0.15) is 5.10 Å². The van der Waals surface area contributed by atoms with Gasteiger partial charge in [-0.1, -0.05) is 23.7 Å². The highest BCUT2D eigenvalue weighted by atomic mass is 35.5. The number of aromatic nitrogens is 2. The number of carbonyl (C=O) groups excluding carboxylic acids is 1. The minimum absolute atomic E-state index is 0.00683. The molecule has 0 saturated heterocycles. The molecule has 1 heterocycles. The van der Waals surface area contributed by atoms with Gasteiger partial charge in [-0.25, -0.2) is 4.39 Å². The molecule has 0 aliphatic heterocycles. The Balaban J connectivity index is 1.68. The maximum Gasteiger partial charge on any atom is 0.303 e. The lowest BCUT2D eigenvalue weighted by Crippen LogP contribution is -2.12. The molecule has 0 aliphatic carbocycles. The van der Waals surface area contributed by atoms with Gasteiger partial charge in [-0.05, 0) is 61.7 Å². The summed E-state index contributed by atoms with van der Waals surface area (Å²) in [6.07, 6.45) is 0.506. The van der Waals surface area contributed by atoms with Crippen LogP contribution in [0.5, 0.6) is 0 Å². The third-order valence-corrected chi connectivity index (χ3v) is 5.15. The van der Waals surface area contributed by atoms with Gasteiger partial charge < -0.3 is 10.4 Å². The van der Waals surface area contributed by atoms with Gasteiger partial charge in [-0.15, -0.1) is 0 Å². The van der Waals surface area contributed by atoms with E-state index < -0.39 is 11.8 Å². The Bertz CT molecular complexity index is 1090. The van der Waals surface area contributed by atoms with Crippen LogP contribution in [0, 0.1) is 19.7 Å². The molecule has 30 heavy (non-hydrogen) atoms. The number of benzene rings is 2. The first-order chi connectivity index (χ1) is 14.2. The summed E-state index contributed by atoms with van der Waals surface area (Å²) < 4.78 is 15.4. The molecule has 0 spiro atoms. The molecular formula is C22H21ClFN3O3. The van der Waals surface area contributed by atoms with Crippen LogP contribution in [0.4, 0.5) is 10.1 Å². The monoisotopic (exact) mass is 429 g/mol. The molecule has 0 bridgehead atoms. The van der Waals surface area contributed by atoms with Crippen LogP contribution >= 0.6 is 11.6 Å². The topological polar surface area (TPSA) is 84.2 Å². The fraction of sp³-hybridized carbons (Fsp3) is 0.227. The number of carbonyl (C=O) groups is 2. The average Bonchev–Trinajstić information content (AvgIpc) is 2.96. The molecule has 8 heteroatoms. The lowest BCUT2D eigenvalue weighted by Gasteiger charge is -2.08. The van der Waals surface area contributed by atoms with Gasteiger partial charge in [0.1, 0.15) is 5.82 Å². The van der Waals surface area contributed by atoms with E-state index in [-0.39, 0.29) is 17.4 Å². The average molecular weight is 430 g/mol. The molecule has 1 aromatic heterocycles. The van der Waals surface area contributed by atoms with E-state index in [0.29, 0.717) is 24.2 Å². The number of amides is 1. The van der Waals surface area contributed by atoms with Crippen LogP contribution in [0.3, 0.4) is 0 Å². The largest absolute Gasteiger partial charge is 0.481 e. The predicted molar refractivity (Wildman–Crippen MR) is 113 cm³/mol. The highest BCUT2D eigenvalue weighted by Gasteiger charge is 2.14. The Morgan fingerprint density at radius 3 is 2.50 bits per heavy atom. The smallest absolute Gasteiger partial charge is 0.303 e. The van der Waals surface area contributed by atoms with E-state index in [2.05, 4.69) is 10.4 Å². The number of hydrogen-bond donors (Lipinski definition) is 2. The standard InChI is InChI=1S/C22H21ClFN3O3/c1-13-18(8-10-21(28)29)14(2)27(26-13)12-15-3-5-16(6-4-15)22(30)25-17-7-9-19(23)20(24)11-17/h3-7,9,11H,8,10,12H2,1-2H3,(H,25,30)(H,28,29). The van der Waals surface area contributed by atoms with Crippen LogP contribution in [-0.4, -0.2) is 26.8 Å². The number of nitrogens with one attached hydrogen (secondary N) is 1. The maximum atomic E-state index is 13.5. The summed E-state index contributed by atoms with van der Waals surface area (Å²) in [6, 6.07) is 11.1. The van der Waals surface area contributed by atoms with Crippen molar-refractivity contribution in [3.63, 3.8) is 0 Å². The number of aliphatic carboxylic acids is 1. The summed E-state index contributed by atoms with van der Waals surface area (Å²) in [5.41, 5.74) is 4.40. The van der Waals surface area contributed by atoms with Crippen molar-refractivity contribution >= 4 is 29.2 Å². The fourth-order valence-electron chi connectivity index (χ4n) is 3.19. The number of carboxylic acid groups (broad SMARTS) is 1. The normalized spacial score (nSPS) is 10.8. The number of rotatable bonds is 7. The fourth-order valence-corrected chi connectivity index (χ4v) is 3.31. The molecule has 0 saturated carbocycles. The van der Waals surface area contributed by atoms with Gasteiger partial charge in [0, 0.05) is 23.4 Å². The molecule has 0 radical (unpaired) electrons. The molecule has 3 aromatic rings. The van der Waals surface area contributed by atoms with E-state index >= 15 is 0 Å². The molecular weight excluding hydrogens is 409 g/mol. The molecule has 2 N–H and O–H groups in total. The molecule has 0 fully saturated rings. The van der Waals surface area contributed by atoms with Crippen LogP contribution in [0.15, 0.2) is 42.5 Å². The molecule has 0 aliphatic rings. The van der Waals surface area contributed by atoms with Crippen molar-refractivity contribution in [2.45, 2.75) is 33.2 Å². The van der Waals surface area contributed by atoms with Crippen molar-refractivity contribution in [3.05, 3.63) is 81.4 Å². The molecule has 6 nitrogen and oxygen atoms in total.